The van der Waals surface area contributed by atoms with Gasteiger partial charge in [-0.15, -0.1) is 0 Å². The van der Waals surface area contributed by atoms with Crippen LogP contribution in [0.1, 0.15) is 29.5 Å². The van der Waals surface area contributed by atoms with Crippen molar-refractivity contribution in [2.24, 2.45) is 5.92 Å². The topological polar surface area (TPSA) is 46.6 Å². The fourth-order valence-corrected chi connectivity index (χ4v) is 5.08. The van der Waals surface area contributed by atoms with Gasteiger partial charge in [-0.3, -0.25) is 0 Å². The highest BCUT2D eigenvalue weighted by Gasteiger charge is 2.36. The number of rotatable bonds is 6. The molecule has 1 atom stereocenters. The first-order chi connectivity index (χ1) is 12.5. The second kappa shape index (κ2) is 7.14. The summed E-state index contributed by atoms with van der Waals surface area (Å²) in [6.07, 6.45) is 3.17. The Bertz CT molecular complexity index is 872. The van der Waals surface area contributed by atoms with Crippen molar-refractivity contribution in [2.45, 2.75) is 43.7 Å². The van der Waals surface area contributed by atoms with Gasteiger partial charge in [-0.2, -0.15) is 4.31 Å². The number of hydrogen-bond acceptors (Lipinski definition) is 3. The number of nitrogens with zero attached hydrogens (tertiary/aromatic N) is 1. The van der Waals surface area contributed by atoms with Crippen LogP contribution in [-0.2, 0) is 27.7 Å². The Morgan fingerprint density at radius 3 is 2.38 bits per heavy atom. The lowest BCUT2D eigenvalue weighted by Crippen LogP contribution is -2.46. The van der Waals surface area contributed by atoms with E-state index in [2.05, 4.69) is 6.07 Å². The van der Waals surface area contributed by atoms with E-state index in [1.54, 1.807) is 16.4 Å². The van der Waals surface area contributed by atoms with Gasteiger partial charge in [-0.25, -0.2) is 8.42 Å². The maximum absolute atomic E-state index is 13.3. The molecule has 5 heteroatoms. The van der Waals surface area contributed by atoms with Crippen molar-refractivity contribution in [3.63, 3.8) is 0 Å². The van der Waals surface area contributed by atoms with Gasteiger partial charge < -0.3 is 4.74 Å². The van der Waals surface area contributed by atoms with Gasteiger partial charge in [0.1, 0.15) is 0 Å². The van der Waals surface area contributed by atoms with Gasteiger partial charge in [-0.1, -0.05) is 42.0 Å². The molecule has 1 fully saturated rings. The van der Waals surface area contributed by atoms with Crippen molar-refractivity contribution in [2.75, 3.05) is 13.2 Å². The van der Waals surface area contributed by atoms with E-state index in [0.717, 1.165) is 17.7 Å². The van der Waals surface area contributed by atoms with E-state index in [-0.39, 0.29) is 6.04 Å². The first-order valence-electron chi connectivity index (χ1n) is 9.27. The van der Waals surface area contributed by atoms with Crippen molar-refractivity contribution < 1.29 is 13.2 Å². The molecule has 2 aliphatic rings. The number of sulfonamides is 1. The lowest BCUT2D eigenvalue weighted by molar-refractivity contribution is 0.0760. The molecule has 0 aromatic heterocycles. The van der Waals surface area contributed by atoms with Crippen molar-refractivity contribution >= 4 is 10.0 Å². The summed E-state index contributed by atoms with van der Waals surface area (Å²) in [7, 11) is -3.55. The molecule has 0 amide bonds. The molecule has 1 heterocycles. The predicted octanol–water partition coefficient (Wildman–Crippen LogP) is 3.54. The van der Waals surface area contributed by atoms with Crippen LogP contribution in [0.2, 0.25) is 0 Å². The highest BCUT2D eigenvalue weighted by atomic mass is 32.2. The molecule has 0 saturated heterocycles. The minimum Gasteiger partial charge on any atom is -0.379 e. The fourth-order valence-electron chi connectivity index (χ4n) is 3.49. The molecular formula is C21H25NO3S. The molecule has 26 heavy (non-hydrogen) atoms. The smallest absolute Gasteiger partial charge is 0.243 e. The maximum Gasteiger partial charge on any atom is 0.243 e. The van der Waals surface area contributed by atoms with Gasteiger partial charge in [0.2, 0.25) is 10.0 Å². The molecule has 1 aliphatic heterocycles. The summed E-state index contributed by atoms with van der Waals surface area (Å²) in [5.41, 5.74) is 3.36. The zero-order valence-electron chi connectivity index (χ0n) is 15.1. The quantitative estimate of drug-likeness (QED) is 0.780. The van der Waals surface area contributed by atoms with Gasteiger partial charge in [0.15, 0.2) is 0 Å². The van der Waals surface area contributed by atoms with Gasteiger partial charge >= 0.3 is 0 Å². The summed E-state index contributed by atoms with van der Waals surface area (Å²) in [4.78, 5) is 0.356. The van der Waals surface area contributed by atoms with Gasteiger partial charge in [-0.05, 0) is 55.4 Å². The molecular weight excluding hydrogens is 346 g/mol. The summed E-state index contributed by atoms with van der Waals surface area (Å²) in [5, 5.41) is 0. The molecule has 0 spiro atoms. The third kappa shape index (κ3) is 3.70. The van der Waals surface area contributed by atoms with E-state index in [9.17, 15) is 8.42 Å². The maximum atomic E-state index is 13.3. The lowest BCUT2D eigenvalue weighted by atomic mass is 9.96. The summed E-state index contributed by atoms with van der Waals surface area (Å²) in [5.74, 6) is 0.674. The van der Waals surface area contributed by atoms with E-state index in [4.69, 9.17) is 4.74 Å². The first kappa shape index (κ1) is 17.7. The molecule has 1 aliphatic carbocycles. The minimum absolute atomic E-state index is 0.157. The van der Waals surface area contributed by atoms with E-state index < -0.39 is 10.0 Å². The number of aryl methyl sites for hydroxylation is 1. The SMILES string of the molecule is Cc1ccc(S(=O)(=O)N2Cc3ccccc3C[C@H]2COCC2CC2)cc1. The van der Waals surface area contributed by atoms with Gasteiger partial charge in [0, 0.05) is 13.2 Å². The average molecular weight is 372 g/mol. The zero-order chi connectivity index (χ0) is 18.1. The molecule has 0 unspecified atom stereocenters. The Balaban J connectivity index is 1.61. The Hall–Kier alpha value is -1.69. The highest BCUT2D eigenvalue weighted by molar-refractivity contribution is 7.89. The number of ether oxygens (including phenoxy) is 1. The highest BCUT2D eigenvalue weighted by Crippen LogP contribution is 2.31. The van der Waals surface area contributed by atoms with Crippen LogP contribution in [0.5, 0.6) is 0 Å². The van der Waals surface area contributed by atoms with E-state index in [0.29, 0.717) is 30.4 Å². The van der Waals surface area contributed by atoms with Crippen LogP contribution in [0.25, 0.3) is 0 Å². The molecule has 2 aromatic rings. The van der Waals surface area contributed by atoms with Crippen LogP contribution in [0, 0.1) is 12.8 Å². The Labute approximate surface area is 155 Å². The monoisotopic (exact) mass is 371 g/mol. The Kier molecular flexibility index (Phi) is 4.86. The Morgan fingerprint density at radius 1 is 1.00 bits per heavy atom. The lowest BCUT2D eigenvalue weighted by Gasteiger charge is -2.35. The molecule has 4 nitrogen and oxygen atoms in total. The van der Waals surface area contributed by atoms with Crippen LogP contribution in [-0.4, -0.2) is 32.0 Å². The zero-order valence-corrected chi connectivity index (χ0v) is 15.9. The number of benzene rings is 2. The summed E-state index contributed by atoms with van der Waals surface area (Å²) in [6.45, 7) is 3.57. The minimum atomic E-state index is -3.55. The van der Waals surface area contributed by atoms with Crippen LogP contribution < -0.4 is 0 Å². The third-order valence-corrected chi connectivity index (χ3v) is 7.21. The average Bonchev–Trinajstić information content (AvgIpc) is 3.46. The van der Waals surface area contributed by atoms with Crippen LogP contribution in [0.15, 0.2) is 53.4 Å². The second-order valence-corrected chi connectivity index (χ2v) is 9.36. The second-order valence-electron chi connectivity index (χ2n) is 7.47. The van der Waals surface area contributed by atoms with Crippen molar-refractivity contribution in [1.82, 2.24) is 4.31 Å². The molecule has 0 bridgehead atoms. The van der Waals surface area contributed by atoms with Crippen LogP contribution in [0.4, 0.5) is 0 Å². The summed E-state index contributed by atoms with van der Waals surface area (Å²) < 4.78 is 34.1. The summed E-state index contributed by atoms with van der Waals surface area (Å²) in [6, 6.07) is 15.1. The molecule has 2 aromatic carbocycles. The van der Waals surface area contributed by atoms with E-state index in [1.807, 2.05) is 37.3 Å². The van der Waals surface area contributed by atoms with E-state index >= 15 is 0 Å². The van der Waals surface area contributed by atoms with Crippen molar-refractivity contribution in [3.05, 3.63) is 65.2 Å². The predicted molar refractivity (Wildman–Crippen MR) is 101 cm³/mol. The molecule has 138 valence electrons. The molecule has 1 saturated carbocycles. The van der Waals surface area contributed by atoms with Gasteiger partial charge in [0.05, 0.1) is 17.5 Å². The van der Waals surface area contributed by atoms with Crippen LogP contribution in [0.3, 0.4) is 0 Å². The largest absolute Gasteiger partial charge is 0.379 e. The third-order valence-electron chi connectivity index (χ3n) is 5.30. The molecule has 0 radical (unpaired) electrons. The van der Waals surface area contributed by atoms with Gasteiger partial charge in [0.25, 0.3) is 0 Å². The van der Waals surface area contributed by atoms with Crippen molar-refractivity contribution in [3.8, 4) is 0 Å². The Morgan fingerprint density at radius 2 is 1.69 bits per heavy atom. The fraction of sp³-hybridized carbons (Fsp3) is 0.429. The van der Waals surface area contributed by atoms with Crippen LogP contribution >= 0.6 is 0 Å². The normalized spacial score (nSPS) is 20.7. The van der Waals surface area contributed by atoms with Crippen molar-refractivity contribution in [1.29, 1.82) is 0 Å². The first-order valence-corrected chi connectivity index (χ1v) is 10.7. The van der Waals surface area contributed by atoms with E-state index in [1.165, 1.54) is 18.4 Å². The molecule has 0 N–H and O–H groups in total. The standard InChI is InChI=1S/C21H25NO3S/c1-16-6-10-21(11-7-16)26(23,24)22-13-19-5-3-2-4-18(19)12-20(22)15-25-14-17-8-9-17/h2-7,10-11,17,20H,8-9,12-15H2,1H3/t20-/m0/s1. The number of fused-ring (bicyclic) bond motifs is 1. The summed E-state index contributed by atoms with van der Waals surface area (Å²) >= 11 is 0. The number of hydrogen-bond donors (Lipinski definition) is 0. The molecule has 4 rings (SSSR count).